The van der Waals surface area contributed by atoms with E-state index in [4.69, 9.17) is 5.11 Å². The zero-order valence-corrected chi connectivity index (χ0v) is 12.6. The van der Waals surface area contributed by atoms with Crippen molar-refractivity contribution in [3.63, 3.8) is 0 Å². The summed E-state index contributed by atoms with van der Waals surface area (Å²) in [4.78, 5) is 11.1. The molecule has 0 radical (unpaired) electrons. The lowest BCUT2D eigenvalue weighted by Gasteiger charge is -2.23. The fraction of sp³-hybridized carbons (Fsp3) is 0.462. The zero-order valence-electron chi connectivity index (χ0n) is 11.8. The molecule has 7 heteroatoms. The Labute approximate surface area is 119 Å². The van der Waals surface area contributed by atoms with Gasteiger partial charge < -0.3 is 5.11 Å². The normalized spacial score (nSPS) is 13.7. The minimum Gasteiger partial charge on any atom is -0.480 e. The molecule has 0 saturated heterocycles. The van der Waals surface area contributed by atoms with Crippen LogP contribution >= 0.6 is 0 Å². The second-order valence-electron chi connectivity index (χ2n) is 4.92. The van der Waals surface area contributed by atoms with Crippen LogP contribution in [0.3, 0.4) is 0 Å². The van der Waals surface area contributed by atoms with Gasteiger partial charge in [0, 0.05) is 13.6 Å². The molecule has 1 rings (SSSR count). The standard InChI is InChI=1S/C13H20N2O4S/c1-10(2)12(13(16)17)14-20(18,19)15(3)9-11-7-5-4-6-8-11/h4-8,10,12,14H,9H2,1-3H3,(H,16,17). The third kappa shape index (κ3) is 4.59. The van der Waals surface area contributed by atoms with Gasteiger partial charge in [0.05, 0.1) is 0 Å². The highest BCUT2D eigenvalue weighted by atomic mass is 32.2. The maximum atomic E-state index is 12.1. The number of rotatable bonds is 7. The molecule has 0 aromatic heterocycles. The summed E-state index contributed by atoms with van der Waals surface area (Å²) in [7, 11) is -2.43. The van der Waals surface area contributed by atoms with E-state index in [-0.39, 0.29) is 12.5 Å². The molecule has 1 unspecified atom stereocenters. The average molecular weight is 300 g/mol. The van der Waals surface area contributed by atoms with E-state index in [0.717, 1.165) is 9.87 Å². The first-order valence-corrected chi connectivity index (χ1v) is 7.68. The predicted octanol–water partition coefficient (Wildman–Crippen LogP) is 1.06. The number of nitrogens with one attached hydrogen (secondary N) is 1. The number of hydrogen-bond donors (Lipinski definition) is 2. The molecule has 0 saturated carbocycles. The van der Waals surface area contributed by atoms with Crippen LogP contribution in [0.5, 0.6) is 0 Å². The SMILES string of the molecule is CC(C)C(NS(=O)(=O)N(C)Cc1ccccc1)C(=O)O. The molecule has 1 aromatic rings. The van der Waals surface area contributed by atoms with Gasteiger partial charge in [-0.25, -0.2) is 0 Å². The largest absolute Gasteiger partial charge is 0.480 e. The third-order valence-corrected chi connectivity index (χ3v) is 4.37. The molecule has 1 atom stereocenters. The Morgan fingerprint density at radius 1 is 1.30 bits per heavy atom. The molecule has 6 nitrogen and oxygen atoms in total. The van der Waals surface area contributed by atoms with Crippen molar-refractivity contribution in [3.8, 4) is 0 Å². The van der Waals surface area contributed by atoms with Crippen LogP contribution in [0.1, 0.15) is 19.4 Å². The summed E-state index contributed by atoms with van der Waals surface area (Å²) in [5, 5.41) is 9.03. The summed E-state index contributed by atoms with van der Waals surface area (Å²) in [6.45, 7) is 3.48. The summed E-state index contributed by atoms with van der Waals surface area (Å²) >= 11 is 0. The fourth-order valence-electron chi connectivity index (χ4n) is 1.65. The zero-order chi connectivity index (χ0) is 15.3. The van der Waals surface area contributed by atoms with Gasteiger partial charge in [-0.3, -0.25) is 4.79 Å². The highest BCUT2D eigenvalue weighted by Crippen LogP contribution is 2.09. The van der Waals surface area contributed by atoms with Crippen molar-refractivity contribution in [3.05, 3.63) is 35.9 Å². The Kier molecular flexibility index (Phi) is 5.67. The Morgan fingerprint density at radius 3 is 2.30 bits per heavy atom. The monoisotopic (exact) mass is 300 g/mol. The van der Waals surface area contributed by atoms with Crippen LogP contribution < -0.4 is 4.72 Å². The van der Waals surface area contributed by atoms with E-state index >= 15 is 0 Å². The van der Waals surface area contributed by atoms with Crippen LogP contribution in [0.4, 0.5) is 0 Å². The van der Waals surface area contributed by atoms with E-state index in [1.165, 1.54) is 7.05 Å². The highest BCUT2D eigenvalue weighted by molar-refractivity contribution is 7.87. The van der Waals surface area contributed by atoms with E-state index < -0.39 is 22.2 Å². The number of carbonyl (C=O) groups is 1. The number of hydrogen-bond acceptors (Lipinski definition) is 3. The van der Waals surface area contributed by atoms with Gasteiger partial charge in [0.15, 0.2) is 0 Å². The average Bonchev–Trinajstić information content (AvgIpc) is 2.36. The van der Waals surface area contributed by atoms with Gasteiger partial charge in [0.25, 0.3) is 10.2 Å². The van der Waals surface area contributed by atoms with Crippen LogP contribution in [-0.2, 0) is 21.5 Å². The Bertz CT molecular complexity index is 543. The van der Waals surface area contributed by atoms with Gasteiger partial charge in [-0.15, -0.1) is 0 Å². The minimum atomic E-state index is -3.85. The molecule has 0 aliphatic carbocycles. The summed E-state index contributed by atoms with van der Waals surface area (Å²) in [6, 6.07) is 7.95. The molecular weight excluding hydrogens is 280 g/mol. The van der Waals surface area contributed by atoms with E-state index in [9.17, 15) is 13.2 Å². The van der Waals surface area contributed by atoms with Crippen molar-refractivity contribution in [2.45, 2.75) is 26.4 Å². The number of nitrogens with zero attached hydrogens (tertiary/aromatic N) is 1. The van der Waals surface area contributed by atoms with Crippen LogP contribution in [0.15, 0.2) is 30.3 Å². The van der Waals surface area contributed by atoms with Crippen molar-refractivity contribution in [2.75, 3.05) is 7.05 Å². The first kappa shape index (κ1) is 16.6. The first-order valence-electron chi connectivity index (χ1n) is 6.24. The van der Waals surface area contributed by atoms with Gasteiger partial charge in [0.1, 0.15) is 6.04 Å². The number of carboxylic acids is 1. The topological polar surface area (TPSA) is 86.7 Å². The van der Waals surface area contributed by atoms with E-state index in [0.29, 0.717) is 0 Å². The number of aliphatic carboxylic acids is 1. The van der Waals surface area contributed by atoms with Gasteiger partial charge >= 0.3 is 5.97 Å². The van der Waals surface area contributed by atoms with E-state index in [2.05, 4.69) is 4.72 Å². The number of benzene rings is 1. The van der Waals surface area contributed by atoms with Crippen molar-refractivity contribution in [1.29, 1.82) is 0 Å². The van der Waals surface area contributed by atoms with E-state index in [1.807, 2.05) is 30.3 Å². The van der Waals surface area contributed by atoms with Gasteiger partial charge in [-0.1, -0.05) is 44.2 Å². The molecule has 0 bridgehead atoms. The predicted molar refractivity (Wildman–Crippen MR) is 76.2 cm³/mol. The lowest BCUT2D eigenvalue weighted by Crippen LogP contribution is -2.49. The molecule has 0 aliphatic heterocycles. The van der Waals surface area contributed by atoms with Crippen molar-refractivity contribution < 1.29 is 18.3 Å². The molecule has 1 aromatic carbocycles. The summed E-state index contributed by atoms with van der Waals surface area (Å²) in [5.74, 6) is -1.52. The van der Waals surface area contributed by atoms with Crippen LogP contribution in [0, 0.1) is 5.92 Å². The summed E-state index contributed by atoms with van der Waals surface area (Å²) in [5.41, 5.74) is 0.830. The molecular formula is C13H20N2O4S. The van der Waals surface area contributed by atoms with Crippen LogP contribution in [0.25, 0.3) is 0 Å². The summed E-state index contributed by atoms with van der Waals surface area (Å²) < 4.78 is 27.5. The molecule has 112 valence electrons. The quantitative estimate of drug-likeness (QED) is 0.788. The van der Waals surface area contributed by atoms with Gasteiger partial charge in [-0.2, -0.15) is 17.4 Å². The van der Waals surface area contributed by atoms with Crippen LogP contribution in [-0.4, -0.2) is 36.9 Å². The molecule has 2 N–H and O–H groups in total. The van der Waals surface area contributed by atoms with Gasteiger partial charge in [0.2, 0.25) is 0 Å². The Morgan fingerprint density at radius 2 is 1.85 bits per heavy atom. The maximum absolute atomic E-state index is 12.1. The van der Waals surface area contributed by atoms with Crippen molar-refractivity contribution in [2.24, 2.45) is 5.92 Å². The smallest absolute Gasteiger partial charge is 0.322 e. The first-order chi connectivity index (χ1) is 9.24. The lowest BCUT2D eigenvalue weighted by atomic mass is 10.1. The van der Waals surface area contributed by atoms with Gasteiger partial charge in [-0.05, 0) is 11.5 Å². The molecule has 0 amide bonds. The Balaban J connectivity index is 2.80. The summed E-state index contributed by atoms with van der Waals surface area (Å²) in [6.07, 6.45) is 0. The third-order valence-electron chi connectivity index (χ3n) is 2.87. The number of carboxylic acid groups (broad SMARTS) is 1. The molecule has 0 heterocycles. The second-order valence-corrected chi connectivity index (χ2v) is 6.73. The second kappa shape index (κ2) is 6.83. The lowest BCUT2D eigenvalue weighted by molar-refractivity contribution is -0.140. The fourth-order valence-corrected chi connectivity index (χ4v) is 2.84. The Hall–Kier alpha value is -1.44. The minimum absolute atomic E-state index is 0.181. The molecule has 20 heavy (non-hydrogen) atoms. The maximum Gasteiger partial charge on any atom is 0.322 e. The van der Waals surface area contributed by atoms with Crippen molar-refractivity contribution in [1.82, 2.24) is 9.03 Å². The highest BCUT2D eigenvalue weighted by Gasteiger charge is 2.29. The molecule has 0 spiro atoms. The van der Waals surface area contributed by atoms with E-state index in [1.54, 1.807) is 13.8 Å². The van der Waals surface area contributed by atoms with Crippen molar-refractivity contribution >= 4 is 16.2 Å². The molecule has 0 fully saturated rings. The van der Waals surface area contributed by atoms with Crippen LogP contribution in [0.2, 0.25) is 0 Å². The molecule has 0 aliphatic rings.